The topological polar surface area (TPSA) is 68.0 Å². The van der Waals surface area contributed by atoms with Gasteiger partial charge in [-0.25, -0.2) is 4.98 Å². The van der Waals surface area contributed by atoms with Crippen molar-refractivity contribution in [1.82, 2.24) is 10.3 Å². The molecule has 0 radical (unpaired) electrons. The Bertz CT molecular complexity index is 370. The fourth-order valence-electron chi connectivity index (χ4n) is 1.29. The van der Waals surface area contributed by atoms with E-state index in [4.69, 9.17) is 5.73 Å². The molecule has 4 nitrogen and oxygen atoms in total. The molecule has 0 aliphatic carbocycles. The van der Waals surface area contributed by atoms with Crippen LogP contribution in [-0.4, -0.2) is 16.9 Å². The third kappa shape index (κ3) is 8.42. The molecule has 0 bridgehead atoms. The van der Waals surface area contributed by atoms with Crippen LogP contribution in [0.1, 0.15) is 50.2 Å². The quantitative estimate of drug-likeness (QED) is 0.844. The molecule has 112 valence electrons. The number of nitrogens with zero attached hydrogens (tertiary/aromatic N) is 1. The van der Waals surface area contributed by atoms with Gasteiger partial charge in [0.05, 0.1) is 12.2 Å². The predicted molar refractivity (Wildman–Crippen MR) is 85.4 cm³/mol. The molecule has 1 aromatic rings. The number of aromatic nitrogens is 1. The second-order valence-electron chi connectivity index (χ2n) is 4.61. The molecular formula is C12H23Cl2N3OS. The van der Waals surface area contributed by atoms with Gasteiger partial charge in [-0.1, -0.05) is 13.8 Å². The van der Waals surface area contributed by atoms with Crippen LogP contribution in [0.4, 0.5) is 0 Å². The van der Waals surface area contributed by atoms with Crippen molar-refractivity contribution in [3.63, 3.8) is 0 Å². The van der Waals surface area contributed by atoms with Gasteiger partial charge < -0.3 is 11.1 Å². The zero-order valence-corrected chi connectivity index (χ0v) is 14.0. The lowest BCUT2D eigenvalue weighted by Crippen LogP contribution is -2.25. The van der Waals surface area contributed by atoms with Crippen molar-refractivity contribution in [2.75, 3.05) is 0 Å². The number of carbonyl (C=O) groups excluding carboxylic acids is 1. The minimum absolute atomic E-state index is 0. The van der Waals surface area contributed by atoms with Gasteiger partial charge >= 0.3 is 0 Å². The lowest BCUT2D eigenvalue weighted by atomic mass is 10.2. The number of nitrogens with one attached hydrogen (secondary N) is 1. The van der Waals surface area contributed by atoms with E-state index in [2.05, 4.69) is 24.1 Å². The van der Waals surface area contributed by atoms with E-state index in [1.165, 1.54) is 0 Å². The standard InChI is InChI=1S/C12H21N3OS.2ClH/c1-8(2)10-7-17-12(15-10)6-14-11(16)5-4-9(3)13;;/h7-9H,4-6,13H2,1-3H3,(H,14,16);2*1H. The van der Waals surface area contributed by atoms with E-state index in [0.29, 0.717) is 18.9 Å². The van der Waals surface area contributed by atoms with Gasteiger partial charge in [0, 0.05) is 17.8 Å². The van der Waals surface area contributed by atoms with Crippen LogP contribution >= 0.6 is 36.2 Å². The van der Waals surface area contributed by atoms with Crippen LogP contribution in [-0.2, 0) is 11.3 Å². The molecule has 1 unspecified atom stereocenters. The Balaban J connectivity index is 0. The number of thiazole rings is 1. The molecule has 0 aliphatic rings. The Kier molecular flexibility index (Phi) is 11.5. The highest BCUT2D eigenvalue weighted by Crippen LogP contribution is 2.17. The predicted octanol–water partition coefficient (Wildman–Crippen LogP) is 2.85. The first-order valence-electron chi connectivity index (χ1n) is 5.95. The number of amides is 1. The van der Waals surface area contributed by atoms with Gasteiger partial charge in [-0.15, -0.1) is 36.2 Å². The number of halogens is 2. The summed E-state index contributed by atoms with van der Waals surface area (Å²) in [4.78, 5) is 15.9. The van der Waals surface area contributed by atoms with E-state index >= 15 is 0 Å². The Labute approximate surface area is 131 Å². The Morgan fingerprint density at radius 2 is 2.05 bits per heavy atom. The highest BCUT2D eigenvalue weighted by molar-refractivity contribution is 7.09. The minimum Gasteiger partial charge on any atom is -0.350 e. The molecule has 1 heterocycles. The first kappa shape index (κ1) is 20.9. The monoisotopic (exact) mass is 327 g/mol. The van der Waals surface area contributed by atoms with Crippen LogP contribution < -0.4 is 11.1 Å². The highest BCUT2D eigenvalue weighted by atomic mass is 35.5. The van der Waals surface area contributed by atoms with Crippen molar-refractivity contribution < 1.29 is 4.79 Å². The average molecular weight is 328 g/mol. The molecule has 19 heavy (non-hydrogen) atoms. The van der Waals surface area contributed by atoms with Gasteiger partial charge in [0.25, 0.3) is 0 Å². The Morgan fingerprint density at radius 3 is 2.53 bits per heavy atom. The number of hydrogen-bond donors (Lipinski definition) is 2. The van der Waals surface area contributed by atoms with Gasteiger partial charge in [-0.3, -0.25) is 4.79 Å². The van der Waals surface area contributed by atoms with Crippen molar-refractivity contribution >= 4 is 42.1 Å². The number of hydrogen-bond acceptors (Lipinski definition) is 4. The molecule has 3 N–H and O–H groups in total. The van der Waals surface area contributed by atoms with Crippen LogP contribution in [0, 0.1) is 0 Å². The summed E-state index contributed by atoms with van der Waals surface area (Å²) in [5, 5.41) is 5.87. The summed E-state index contributed by atoms with van der Waals surface area (Å²) in [7, 11) is 0. The third-order valence-electron chi connectivity index (χ3n) is 2.42. The molecule has 1 rings (SSSR count). The van der Waals surface area contributed by atoms with Crippen LogP contribution in [0.2, 0.25) is 0 Å². The summed E-state index contributed by atoms with van der Waals surface area (Å²) in [6.45, 7) is 6.65. The molecule has 0 saturated carbocycles. The molecule has 0 saturated heterocycles. The van der Waals surface area contributed by atoms with E-state index in [1.807, 2.05) is 12.3 Å². The third-order valence-corrected chi connectivity index (χ3v) is 3.29. The minimum atomic E-state index is 0. The number of nitrogens with two attached hydrogens (primary N) is 1. The van der Waals surface area contributed by atoms with E-state index in [0.717, 1.165) is 17.1 Å². The number of rotatable bonds is 6. The SMILES string of the molecule is CC(N)CCC(=O)NCc1nc(C(C)C)cs1.Cl.Cl. The normalized spacial score (nSPS) is 11.4. The van der Waals surface area contributed by atoms with Crippen molar-refractivity contribution in [2.24, 2.45) is 5.73 Å². The van der Waals surface area contributed by atoms with Gasteiger partial charge in [-0.2, -0.15) is 0 Å². The second kappa shape index (κ2) is 10.4. The molecular weight excluding hydrogens is 305 g/mol. The number of carbonyl (C=O) groups is 1. The molecule has 0 aromatic carbocycles. The fourth-order valence-corrected chi connectivity index (χ4v) is 2.19. The summed E-state index contributed by atoms with van der Waals surface area (Å²) in [6, 6.07) is 0.0770. The van der Waals surface area contributed by atoms with Gasteiger partial charge in [0.15, 0.2) is 0 Å². The Morgan fingerprint density at radius 1 is 1.42 bits per heavy atom. The van der Waals surface area contributed by atoms with Gasteiger partial charge in [0.1, 0.15) is 5.01 Å². The van der Waals surface area contributed by atoms with E-state index in [1.54, 1.807) is 11.3 Å². The summed E-state index contributed by atoms with van der Waals surface area (Å²) in [6.07, 6.45) is 1.21. The second-order valence-corrected chi connectivity index (χ2v) is 5.56. The van der Waals surface area contributed by atoms with Gasteiger partial charge in [-0.05, 0) is 19.3 Å². The molecule has 1 aromatic heterocycles. The molecule has 1 atom stereocenters. The zero-order chi connectivity index (χ0) is 12.8. The summed E-state index contributed by atoms with van der Waals surface area (Å²) in [5.41, 5.74) is 6.69. The first-order valence-corrected chi connectivity index (χ1v) is 6.83. The van der Waals surface area contributed by atoms with Gasteiger partial charge in [0.2, 0.25) is 5.91 Å². The summed E-state index contributed by atoms with van der Waals surface area (Å²) in [5.74, 6) is 0.484. The van der Waals surface area contributed by atoms with Crippen LogP contribution in [0.5, 0.6) is 0 Å². The maximum absolute atomic E-state index is 11.5. The molecule has 1 amide bonds. The lowest BCUT2D eigenvalue weighted by Gasteiger charge is -2.05. The maximum atomic E-state index is 11.5. The largest absolute Gasteiger partial charge is 0.350 e. The van der Waals surface area contributed by atoms with Crippen molar-refractivity contribution in [1.29, 1.82) is 0 Å². The maximum Gasteiger partial charge on any atom is 0.220 e. The van der Waals surface area contributed by atoms with Crippen molar-refractivity contribution in [2.45, 2.75) is 52.1 Å². The molecule has 0 aliphatic heterocycles. The van der Waals surface area contributed by atoms with Crippen LogP contribution in [0.25, 0.3) is 0 Å². The van der Waals surface area contributed by atoms with Crippen molar-refractivity contribution in [3.05, 3.63) is 16.1 Å². The fraction of sp³-hybridized carbons (Fsp3) is 0.667. The average Bonchev–Trinajstić information content (AvgIpc) is 2.72. The molecule has 0 fully saturated rings. The van der Waals surface area contributed by atoms with Crippen molar-refractivity contribution in [3.8, 4) is 0 Å². The zero-order valence-electron chi connectivity index (χ0n) is 11.5. The summed E-state index contributed by atoms with van der Waals surface area (Å²) >= 11 is 1.59. The first-order chi connectivity index (χ1) is 7.99. The Hall–Kier alpha value is -0.360. The molecule has 7 heteroatoms. The lowest BCUT2D eigenvalue weighted by molar-refractivity contribution is -0.121. The van der Waals surface area contributed by atoms with Crippen LogP contribution in [0.15, 0.2) is 5.38 Å². The van der Waals surface area contributed by atoms with E-state index in [9.17, 15) is 4.79 Å². The van der Waals surface area contributed by atoms with E-state index in [-0.39, 0.29) is 36.8 Å². The highest BCUT2D eigenvalue weighted by Gasteiger charge is 2.07. The van der Waals surface area contributed by atoms with E-state index < -0.39 is 0 Å². The smallest absolute Gasteiger partial charge is 0.220 e. The van der Waals surface area contributed by atoms with Crippen LogP contribution in [0.3, 0.4) is 0 Å². The molecule has 0 spiro atoms. The summed E-state index contributed by atoms with van der Waals surface area (Å²) < 4.78 is 0.